The number of carbonyl (C=O) groups is 1. The monoisotopic (exact) mass is 154 g/mol. The second-order valence-electron chi connectivity index (χ2n) is 2.11. The molecule has 1 aromatic rings. The van der Waals surface area contributed by atoms with Gasteiger partial charge in [-0.25, -0.2) is 0 Å². The van der Waals surface area contributed by atoms with Crippen LogP contribution in [0.4, 0.5) is 5.88 Å². The van der Waals surface area contributed by atoms with Gasteiger partial charge in [-0.3, -0.25) is 9.69 Å². The van der Waals surface area contributed by atoms with E-state index in [1.165, 1.54) is 18.0 Å². The van der Waals surface area contributed by atoms with Crippen molar-refractivity contribution in [3.63, 3.8) is 0 Å². The molecule has 0 saturated carbocycles. The number of nitrogens with zero attached hydrogens (tertiary/aromatic N) is 2. The van der Waals surface area contributed by atoms with Crippen LogP contribution >= 0.6 is 0 Å². The first kappa shape index (κ1) is 7.78. The fourth-order valence-corrected chi connectivity index (χ4v) is 0.882. The molecule has 0 radical (unpaired) electrons. The Labute approximate surface area is 64.8 Å². The number of amides is 1. The van der Waals surface area contributed by atoms with E-state index in [0.717, 1.165) is 0 Å². The summed E-state index contributed by atoms with van der Waals surface area (Å²) in [6, 6.07) is 1.66. The maximum Gasteiger partial charge on any atom is 0.233 e. The molecule has 0 aliphatic carbocycles. The van der Waals surface area contributed by atoms with Gasteiger partial charge in [0, 0.05) is 19.5 Å². The number of anilines is 1. The topological polar surface area (TPSA) is 46.3 Å². The van der Waals surface area contributed by atoms with Crippen LogP contribution < -0.4 is 4.90 Å². The van der Waals surface area contributed by atoms with E-state index in [1.807, 2.05) is 6.92 Å². The van der Waals surface area contributed by atoms with Crippen LogP contribution in [0.2, 0.25) is 0 Å². The summed E-state index contributed by atoms with van der Waals surface area (Å²) in [5, 5.41) is 3.50. The van der Waals surface area contributed by atoms with Crippen LogP contribution in [-0.4, -0.2) is 17.6 Å². The molecule has 0 aliphatic heterocycles. The Hall–Kier alpha value is -1.32. The van der Waals surface area contributed by atoms with Gasteiger partial charge >= 0.3 is 0 Å². The number of hydrogen-bond acceptors (Lipinski definition) is 3. The van der Waals surface area contributed by atoms with Crippen molar-refractivity contribution in [3.05, 3.63) is 12.3 Å². The highest BCUT2D eigenvalue weighted by molar-refractivity contribution is 5.89. The van der Waals surface area contributed by atoms with Crippen molar-refractivity contribution in [2.45, 2.75) is 13.8 Å². The van der Waals surface area contributed by atoms with Crippen molar-refractivity contribution in [1.82, 2.24) is 5.16 Å². The fraction of sp³-hybridized carbons (Fsp3) is 0.429. The van der Waals surface area contributed by atoms with Crippen molar-refractivity contribution in [1.29, 1.82) is 0 Å². The lowest BCUT2D eigenvalue weighted by molar-refractivity contribution is -0.116. The Kier molecular flexibility index (Phi) is 2.25. The van der Waals surface area contributed by atoms with Gasteiger partial charge in [-0.2, -0.15) is 0 Å². The lowest BCUT2D eigenvalue weighted by atomic mass is 10.5. The average Bonchev–Trinajstić information content (AvgIpc) is 2.40. The van der Waals surface area contributed by atoms with Gasteiger partial charge in [0.25, 0.3) is 0 Å². The molecule has 0 aliphatic rings. The van der Waals surface area contributed by atoms with E-state index in [4.69, 9.17) is 4.52 Å². The molecule has 0 spiro atoms. The lowest BCUT2D eigenvalue weighted by Gasteiger charge is -2.13. The highest BCUT2D eigenvalue weighted by atomic mass is 16.5. The van der Waals surface area contributed by atoms with Crippen molar-refractivity contribution >= 4 is 11.8 Å². The summed E-state index contributed by atoms with van der Waals surface area (Å²) in [5.74, 6) is 0.462. The summed E-state index contributed by atoms with van der Waals surface area (Å²) in [6.07, 6.45) is 1.51. The van der Waals surface area contributed by atoms with Gasteiger partial charge < -0.3 is 4.52 Å². The first-order valence-corrected chi connectivity index (χ1v) is 3.44. The van der Waals surface area contributed by atoms with E-state index < -0.39 is 0 Å². The summed E-state index contributed by atoms with van der Waals surface area (Å²) in [5.41, 5.74) is 0. The molecular formula is C7H10N2O2. The molecule has 1 rings (SSSR count). The summed E-state index contributed by atoms with van der Waals surface area (Å²) in [7, 11) is 0. The quantitative estimate of drug-likeness (QED) is 0.639. The van der Waals surface area contributed by atoms with E-state index in [1.54, 1.807) is 6.07 Å². The molecule has 1 heterocycles. The molecule has 0 atom stereocenters. The summed E-state index contributed by atoms with van der Waals surface area (Å²) in [6.45, 7) is 3.97. The second-order valence-corrected chi connectivity index (χ2v) is 2.11. The first-order chi connectivity index (χ1) is 5.25. The number of rotatable bonds is 2. The maximum absolute atomic E-state index is 10.9. The lowest BCUT2D eigenvalue weighted by Crippen LogP contribution is -2.27. The van der Waals surface area contributed by atoms with Crippen LogP contribution in [0.15, 0.2) is 16.8 Å². The van der Waals surface area contributed by atoms with E-state index in [-0.39, 0.29) is 5.91 Å². The van der Waals surface area contributed by atoms with E-state index in [2.05, 4.69) is 5.16 Å². The maximum atomic E-state index is 10.9. The minimum atomic E-state index is -0.0377. The molecule has 0 aromatic carbocycles. The molecule has 4 heteroatoms. The van der Waals surface area contributed by atoms with Crippen molar-refractivity contribution in [2.24, 2.45) is 0 Å². The van der Waals surface area contributed by atoms with Gasteiger partial charge in [-0.15, -0.1) is 0 Å². The van der Waals surface area contributed by atoms with Gasteiger partial charge in [0.05, 0.1) is 6.20 Å². The van der Waals surface area contributed by atoms with Crippen molar-refractivity contribution in [2.75, 3.05) is 11.4 Å². The third-order valence-corrected chi connectivity index (χ3v) is 1.39. The van der Waals surface area contributed by atoms with E-state index in [9.17, 15) is 4.79 Å². The SMILES string of the molecule is CCN(C(C)=O)c1ccno1. The molecule has 0 fully saturated rings. The third-order valence-electron chi connectivity index (χ3n) is 1.39. The van der Waals surface area contributed by atoms with E-state index in [0.29, 0.717) is 12.4 Å². The highest BCUT2D eigenvalue weighted by Gasteiger charge is 2.11. The zero-order valence-electron chi connectivity index (χ0n) is 6.57. The van der Waals surface area contributed by atoms with Crippen LogP contribution in [-0.2, 0) is 4.79 Å². The van der Waals surface area contributed by atoms with Gasteiger partial charge in [-0.1, -0.05) is 5.16 Å². The van der Waals surface area contributed by atoms with E-state index >= 15 is 0 Å². The zero-order valence-corrected chi connectivity index (χ0v) is 6.57. The molecule has 4 nitrogen and oxygen atoms in total. The Balaban J connectivity index is 2.79. The number of carbonyl (C=O) groups excluding carboxylic acids is 1. The van der Waals surface area contributed by atoms with Gasteiger partial charge in [-0.05, 0) is 6.92 Å². The molecule has 1 aromatic heterocycles. The van der Waals surface area contributed by atoms with Crippen LogP contribution in [0.5, 0.6) is 0 Å². The summed E-state index contributed by atoms with van der Waals surface area (Å²) < 4.78 is 4.80. The minimum absolute atomic E-state index is 0.0377. The largest absolute Gasteiger partial charge is 0.338 e. The standard InChI is InChI=1S/C7H10N2O2/c1-3-9(6(2)10)7-4-5-8-11-7/h4-5H,3H2,1-2H3. The molecule has 11 heavy (non-hydrogen) atoms. The predicted octanol–water partition coefficient (Wildman–Crippen LogP) is 1.05. The molecule has 60 valence electrons. The second kappa shape index (κ2) is 3.18. The molecular weight excluding hydrogens is 144 g/mol. The number of hydrogen-bond donors (Lipinski definition) is 0. The Bertz CT molecular complexity index is 231. The van der Waals surface area contributed by atoms with Crippen LogP contribution in [0, 0.1) is 0 Å². The fourth-order valence-electron chi connectivity index (χ4n) is 0.882. The summed E-state index contributed by atoms with van der Waals surface area (Å²) >= 11 is 0. The van der Waals surface area contributed by atoms with Crippen molar-refractivity contribution in [3.8, 4) is 0 Å². The van der Waals surface area contributed by atoms with Gasteiger partial charge in [0.1, 0.15) is 0 Å². The normalized spacial score (nSPS) is 9.64. The van der Waals surface area contributed by atoms with Crippen LogP contribution in [0.3, 0.4) is 0 Å². The highest BCUT2D eigenvalue weighted by Crippen LogP contribution is 2.11. The molecule has 0 unspecified atom stereocenters. The van der Waals surface area contributed by atoms with Crippen molar-refractivity contribution < 1.29 is 9.32 Å². The molecule has 0 bridgehead atoms. The van der Waals surface area contributed by atoms with Crippen LogP contribution in [0.1, 0.15) is 13.8 Å². The predicted molar refractivity (Wildman–Crippen MR) is 40.2 cm³/mol. The minimum Gasteiger partial charge on any atom is -0.338 e. The number of aromatic nitrogens is 1. The smallest absolute Gasteiger partial charge is 0.233 e. The Morgan fingerprint density at radius 3 is 2.91 bits per heavy atom. The molecule has 0 N–H and O–H groups in total. The van der Waals surface area contributed by atoms with Gasteiger partial charge in [0.15, 0.2) is 0 Å². The average molecular weight is 154 g/mol. The third kappa shape index (κ3) is 1.58. The van der Waals surface area contributed by atoms with Crippen LogP contribution in [0.25, 0.3) is 0 Å². The Morgan fingerprint density at radius 1 is 1.82 bits per heavy atom. The molecule has 1 amide bonds. The Morgan fingerprint density at radius 2 is 2.55 bits per heavy atom. The zero-order chi connectivity index (χ0) is 8.27. The molecule has 0 saturated heterocycles. The van der Waals surface area contributed by atoms with Gasteiger partial charge in [0.2, 0.25) is 11.8 Å². The summed E-state index contributed by atoms with van der Waals surface area (Å²) in [4.78, 5) is 12.4. The first-order valence-electron chi connectivity index (χ1n) is 3.44.